The number of nitriles is 1. The highest BCUT2D eigenvalue weighted by atomic mass is 35.5. The summed E-state index contributed by atoms with van der Waals surface area (Å²) in [5.41, 5.74) is 1.56. The van der Waals surface area contributed by atoms with E-state index in [1.807, 2.05) is 16.9 Å². The lowest BCUT2D eigenvalue weighted by atomic mass is 9.92. The Hall–Kier alpha value is -2.10. The summed E-state index contributed by atoms with van der Waals surface area (Å²) in [6, 6.07) is 3.97. The number of nitrogens with zero attached hydrogens (tertiary/aromatic N) is 5. The molecule has 1 aliphatic heterocycles. The molecule has 126 valence electrons. The lowest BCUT2D eigenvalue weighted by Gasteiger charge is -2.18. The summed E-state index contributed by atoms with van der Waals surface area (Å²) in [7, 11) is 0. The normalized spacial score (nSPS) is 20.6. The second-order valence-corrected chi connectivity index (χ2v) is 6.85. The number of pyridine rings is 1. The van der Waals surface area contributed by atoms with Crippen LogP contribution in [0.25, 0.3) is 0 Å². The Kier molecular flexibility index (Phi) is 4.74. The second-order valence-electron chi connectivity index (χ2n) is 6.44. The molecule has 3 rings (SSSR count). The molecular weight excluding hydrogens is 326 g/mol. The van der Waals surface area contributed by atoms with Gasteiger partial charge >= 0.3 is 0 Å². The van der Waals surface area contributed by atoms with Gasteiger partial charge in [-0.05, 0) is 25.5 Å². The lowest BCUT2D eigenvalue weighted by Crippen LogP contribution is -2.22. The molecule has 24 heavy (non-hydrogen) atoms. The van der Waals surface area contributed by atoms with Crippen molar-refractivity contribution in [1.82, 2.24) is 14.8 Å². The van der Waals surface area contributed by atoms with E-state index in [9.17, 15) is 5.11 Å². The Labute approximate surface area is 146 Å². The van der Waals surface area contributed by atoms with Gasteiger partial charge in [-0.25, -0.2) is 4.98 Å². The van der Waals surface area contributed by atoms with E-state index in [4.69, 9.17) is 16.9 Å². The highest BCUT2D eigenvalue weighted by Crippen LogP contribution is 2.37. The van der Waals surface area contributed by atoms with E-state index < -0.39 is 0 Å². The smallest absolute Gasteiger partial charge is 0.147 e. The molecule has 3 heterocycles. The van der Waals surface area contributed by atoms with Crippen LogP contribution in [-0.4, -0.2) is 39.6 Å². The van der Waals surface area contributed by atoms with Gasteiger partial charge in [-0.2, -0.15) is 10.4 Å². The van der Waals surface area contributed by atoms with Crippen molar-refractivity contribution >= 4 is 17.4 Å². The largest absolute Gasteiger partial charge is 0.396 e. The van der Waals surface area contributed by atoms with Gasteiger partial charge < -0.3 is 10.0 Å². The first-order valence-corrected chi connectivity index (χ1v) is 8.36. The van der Waals surface area contributed by atoms with Crippen molar-refractivity contribution in [2.45, 2.75) is 25.8 Å². The summed E-state index contributed by atoms with van der Waals surface area (Å²) in [6.07, 6.45) is 5.46. The van der Waals surface area contributed by atoms with Crippen molar-refractivity contribution in [1.29, 1.82) is 5.26 Å². The zero-order valence-electron chi connectivity index (χ0n) is 13.7. The summed E-state index contributed by atoms with van der Waals surface area (Å²) in [5, 5.41) is 23.6. The van der Waals surface area contributed by atoms with Crippen LogP contribution in [0.4, 0.5) is 5.82 Å². The monoisotopic (exact) mass is 345 g/mol. The molecule has 7 heteroatoms. The molecule has 0 spiro atoms. The van der Waals surface area contributed by atoms with E-state index in [1.165, 1.54) is 6.20 Å². The average Bonchev–Trinajstić information content (AvgIpc) is 3.21. The molecule has 0 bridgehead atoms. The zero-order valence-corrected chi connectivity index (χ0v) is 14.5. The van der Waals surface area contributed by atoms with Crippen LogP contribution in [0.2, 0.25) is 5.02 Å². The number of hydrogen-bond acceptors (Lipinski definition) is 5. The summed E-state index contributed by atoms with van der Waals surface area (Å²) < 4.78 is 1.93. The van der Waals surface area contributed by atoms with Crippen LogP contribution in [0.3, 0.4) is 0 Å². The van der Waals surface area contributed by atoms with Gasteiger partial charge in [0.25, 0.3) is 0 Å². The Morgan fingerprint density at radius 2 is 2.21 bits per heavy atom. The molecule has 1 N–H and O–H groups in total. The maximum Gasteiger partial charge on any atom is 0.147 e. The third kappa shape index (κ3) is 3.10. The quantitative estimate of drug-likeness (QED) is 0.921. The van der Waals surface area contributed by atoms with Gasteiger partial charge in [0, 0.05) is 50.0 Å². The maximum absolute atomic E-state index is 9.78. The van der Waals surface area contributed by atoms with Crippen molar-refractivity contribution in [3.63, 3.8) is 0 Å². The zero-order chi connectivity index (χ0) is 17.3. The second kappa shape index (κ2) is 6.80. The van der Waals surface area contributed by atoms with Crippen LogP contribution >= 0.6 is 11.6 Å². The van der Waals surface area contributed by atoms with Crippen molar-refractivity contribution in [3.05, 3.63) is 40.8 Å². The van der Waals surface area contributed by atoms with Crippen molar-refractivity contribution in [2.75, 3.05) is 24.6 Å². The summed E-state index contributed by atoms with van der Waals surface area (Å²) in [4.78, 5) is 6.40. The Bertz CT molecular complexity index is 767. The van der Waals surface area contributed by atoms with E-state index in [-0.39, 0.29) is 18.4 Å². The van der Waals surface area contributed by atoms with Gasteiger partial charge in [0.05, 0.1) is 16.8 Å². The minimum Gasteiger partial charge on any atom is -0.396 e. The number of halogens is 1. The molecule has 1 aliphatic rings. The minimum atomic E-state index is 0.0991. The van der Waals surface area contributed by atoms with Gasteiger partial charge in [0.2, 0.25) is 0 Å². The van der Waals surface area contributed by atoms with Crippen LogP contribution in [0.15, 0.2) is 24.7 Å². The van der Waals surface area contributed by atoms with E-state index in [1.54, 1.807) is 6.07 Å². The minimum absolute atomic E-state index is 0.0991. The van der Waals surface area contributed by atoms with Gasteiger partial charge in [-0.3, -0.25) is 4.68 Å². The topological polar surface area (TPSA) is 78.0 Å². The average molecular weight is 346 g/mol. The van der Waals surface area contributed by atoms with Crippen molar-refractivity contribution in [2.24, 2.45) is 5.92 Å². The van der Waals surface area contributed by atoms with Crippen molar-refractivity contribution < 1.29 is 5.11 Å². The predicted molar refractivity (Wildman–Crippen MR) is 92.1 cm³/mol. The molecule has 2 aromatic rings. The van der Waals surface area contributed by atoms with Crippen LogP contribution in [0, 0.1) is 17.2 Å². The highest BCUT2D eigenvalue weighted by molar-refractivity contribution is 6.33. The number of aliphatic hydroxyl groups excluding tert-OH is 1. The molecule has 0 radical (unpaired) electrons. The summed E-state index contributed by atoms with van der Waals surface area (Å²) >= 11 is 6.28. The molecule has 0 aromatic carbocycles. The number of anilines is 1. The molecule has 0 amide bonds. The van der Waals surface area contributed by atoms with Crippen LogP contribution in [-0.2, 0) is 0 Å². The van der Waals surface area contributed by atoms with Gasteiger partial charge in [0.1, 0.15) is 11.9 Å². The SMILES string of the molecule is CC(C)n1cc([C@@H]2CN(c3ncc(C#N)cc3Cl)C[C@H]2CO)cn1. The van der Waals surface area contributed by atoms with Crippen LogP contribution in [0.1, 0.15) is 36.9 Å². The van der Waals surface area contributed by atoms with Crippen LogP contribution in [0.5, 0.6) is 0 Å². The number of aromatic nitrogens is 3. The highest BCUT2D eigenvalue weighted by Gasteiger charge is 2.35. The molecule has 2 aromatic heterocycles. The lowest BCUT2D eigenvalue weighted by molar-refractivity contribution is 0.227. The third-order valence-electron chi connectivity index (χ3n) is 4.50. The molecular formula is C17H20ClN5O. The van der Waals surface area contributed by atoms with E-state index >= 15 is 0 Å². The Balaban J connectivity index is 1.85. The van der Waals surface area contributed by atoms with E-state index in [2.05, 4.69) is 35.0 Å². The first kappa shape index (κ1) is 16.7. The molecule has 0 aliphatic carbocycles. The molecule has 0 unspecified atom stereocenters. The van der Waals surface area contributed by atoms with E-state index in [0.29, 0.717) is 35.5 Å². The fourth-order valence-electron chi connectivity index (χ4n) is 3.16. The number of rotatable bonds is 4. The van der Waals surface area contributed by atoms with Crippen LogP contribution < -0.4 is 4.90 Å². The molecule has 0 saturated carbocycles. The fraction of sp³-hybridized carbons (Fsp3) is 0.471. The Morgan fingerprint density at radius 1 is 1.42 bits per heavy atom. The van der Waals surface area contributed by atoms with E-state index in [0.717, 1.165) is 5.56 Å². The molecule has 1 fully saturated rings. The Morgan fingerprint density at radius 3 is 2.79 bits per heavy atom. The molecule has 1 saturated heterocycles. The summed E-state index contributed by atoms with van der Waals surface area (Å²) in [6.45, 7) is 5.66. The maximum atomic E-state index is 9.78. The molecule has 2 atom stereocenters. The number of hydrogen-bond donors (Lipinski definition) is 1. The standard InChI is InChI=1S/C17H20ClN5O/c1-11(2)23-8-13(6-21-23)15-9-22(7-14(15)10-24)17-16(18)3-12(4-19)5-20-17/h3,5-6,8,11,14-15,24H,7,9-10H2,1-2H3/t14-,15-/m0/s1. The van der Waals surface area contributed by atoms with Gasteiger partial charge in [-0.1, -0.05) is 11.6 Å². The number of aliphatic hydroxyl groups is 1. The third-order valence-corrected chi connectivity index (χ3v) is 4.78. The predicted octanol–water partition coefficient (Wildman–Crippen LogP) is 2.60. The van der Waals surface area contributed by atoms with Gasteiger partial charge in [0.15, 0.2) is 0 Å². The first-order valence-electron chi connectivity index (χ1n) is 7.99. The summed E-state index contributed by atoms with van der Waals surface area (Å²) in [5.74, 6) is 0.937. The van der Waals surface area contributed by atoms with Crippen molar-refractivity contribution in [3.8, 4) is 6.07 Å². The van der Waals surface area contributed by atoms with Gasteiger partial charge in [-0.15, -0.1) is 0 Å². The molecule has 6 nitrogen and oxygen atoms in total. The first-order chi connectivity index (χ1) is 11.5. The fourth-order valence-corrected chi connectivity index (χ4v) is 3.44.